The topological polar surface area (TPSA) is 12.0 Å². The van der Waals surface area contributed by atoms with Crippen LogP contribution in [0.4, 0.5) is 4.39 Å². The maximum atomic E-state index is 13.3. The van der Waals surface area contributed by atoms with Crippen LogP contribution >= 0.6 is 34.3 Å². The van der Waals surface area contributed by atoms with Gasteiger partial charge in [-0.3, -0.25) is 0 Å². The van der Waals surface area contributed by atoms with Crippen LogP contribution in [0.3, 0.4) is 0 Å². The molecule has 0 aliphatic carbocycles. The third-order valence-electron chi connectivity index (χ3n) is 3.38. The highest BCUT2D eigenvalue weighted by molar-refractivity contribution is 7.26. The Morgan fingerprint density at radius 3 is 2.81 bits per heavy atom. The Hall–Kier alpha value is -0.940. The zero-order chi connectivity index (χ0) is 14.8. The van der Waals surface area contributed by atoms with E-state index < -0.39 is 0 Å². The van der Waals surface area contributed by atoms with E-state index in [1.165, 1.54) is 20.3 Å². The molecule has 0 aliphatic rings. The van der Waals surface area contributed by atoms with Gasteiger partial charge in [-0.25, -0.2) is 4.39 Å². The van der Waals surface area contributed by atoms with Crippen molar-refractivity contribution in [3.05, 3.63) is 57.0 Å². The summed E-state index contributed by atoms with van der Waals surface area (Å²) in [5.74, 6) is -0.364. The number of halogens is 2. The Bertz CT molecular complexity index is 721. The van der Waals surface area contributed by atoms with Gasteiger partial charge in [0.2, 0.25) is 0 Å². The van der Waals surface area contributed by atoms with E-state index in [9.17, 15) is 4.39 Å². The van der Waals surface area contributed by atoms with E-state index in [4.69, 9.17) is 11.6 Å². The summed E-state index contributed by atoms with van der Waals surface area (Å²) in [5.41, 5.74) is 1.05. The molecule has 1 nitrogen and oxygen atoms in total. The quantitative estimate of drug-likeness (QED) is 0.633. The van der Waals surface area contributed by atoms with E-state index in [-0.39, 0.29) is 16.9 Å². The van der Waals surface area contributed by atoms with Gasteiger partial charge in [-0.1, -0.05) is 24.6 Å². The molecule has 110 valence electrons. The van der Waals surface area contributed by atoms with Crippen molar-refractivity contribution in [2.75, 3.05) is 6.54 Å². The Morgan fingerprint density at radius 2 is 2.10 bits per heavy atom. The summed E-state index contributed by atoms with van der Waals surface area (Å²) in [4.78, 5) is 1.32. The van der Waals surface area contributed by atoms with Crippen molar-refractivity contribution in [1.29, 1.82) is 0 Å². The second kappa shape index (κ2) is 6.44. The van der Waals surface area contributed by atoms with Gasteiger partial charge >= 0.3 is 0 Å². The van der Waals surface area contributed by atoms with Gasteiger partial charge in [-0.05, 0) is 48.2 Å². The van der Waals surface area contributed by atoms with E-state index in [1.54, 1.807) is 17.4 Å². The molecule has 0 bridgehead atoms. The number of hydrogen-bond acceptors (Lipinski definition) is 3. The lowest BCUT2D eigenvalue weighted by Crippen LogP contribution is -2.22. The molecule has 1 aromatic carbocycles. The minimum Gasteiger partial charge on any atom is -0.309 e. The van der Waals surface area contributed by atoms with Crippen LogP contribution in [0, 0.1) is 5.82 Å². The normalized spacial score (nSPS) is 12.9. The fourth-order valence-electron chi connectivity index (χ4n) is 2.38. The fourth-order valence-corrected chi connectivity index (χ4v) is 4.78. The minimum atomic E-state index is -0.364. The predicted octanol–water partition coefficient (Wildman–Crippen LogP) is 5.65. The molecule has 5 heteroatoms. The second-order valence-electron chi connectivity index (χ2n) is 4.86. The van der Waals surface area contributed by atoms with Crippen molar-refractivity contribution in [3.63, 3.8) is 0 Å². The third-order valence-corrected chi connectivity index (χ3v) is 5.87. The zero-order valence-electron chi connectivity index (χ0n) is 11.5. The maximum Gasteiger partial charge on any atom is 0.141 e. The molecule has 0 saturated carbocycles. The first-order valence-electron chi connectivity index (χ1n) is 6.81. The van der Waals surface area contributed by atoms with Crippen LogP contribution in [-0.4, -0.2) is 6.54 Å². The molecule has 0 aliphatic heterocycles. The monoisotopic (exact) mass is 339 g/mol. The lowest BCUT2D eigenvalue weighted by Gasteiger charge is -2.16. The highest BCUT2D eigenvalue weighted by atomic mass is 35.5. The van der Waals surface area contributed by atoms with E-state index >= 15 is 0 Å². The Kier molecular flexibility index (Phi) is 4.60. The van der Waals surface area contributed by atoms with Crippen molar-refractivity contribution >= 4 is 43.7 Å². The first-order chi connectivity index (χ1) is 10.2. The summed E-state index contributed by atoms with van der Waals surface area (Å²) in [6.45, 7) is 2.99. The minimum absolute atomic E-state index is 0.190. The molecule has 0 amide bonds. The third kappa shape index (κ3) is 3.29. The van der Waals surface area contributed by atoms with Crippen LogP contribution in [0.15, 0.2) is 35.7 Å². The summed E-state index contributed by atoms with van der Waals surface area (Å²) in [6.07, 6.45) is 0.807. The molecule has 2 heterocycles. The maximum absolute atomic E-state index is 13.3. The zero-order valence-corrected chi connectivity index (χ0v) is 13.9. The van der Waals surface area contributed by atoms with Gasteiger partial charge in [-0.15, -0.1) is 22.7 Å². The Balaban J connectivity index is 1.86. The number of nitrogens with one attached hydrogen (secondary N) is 1. The Labute approximate surface area is 136 Å². The van der Waals surface area contributed by atoms with Gasteiger partial charge in [-0.2, -0.15) is 0 Å². The molecule has 0 spiro atoms. The summed E-state index contributed by atoms with van der Waals surface area (Å²) < 4.78 is 15.9. The number of hydrogen-bond donors (Lipinski definition) is 1. The van der Waals surface area contributed by atoms with Crippen LogP contribution in [0.5, 0.6) is 0 Å². The number of fused-ring (bicyclic) bond motifs is 1. The summed E-state index contributed by atoms with van der Waals surface area (Å²) >= 11 is 9.46. The smallest absolute Gasteiger partial charge is 0.141 e. The van der Waals surface area contributed by atoms with Gasteiger partial charge in [0.25, 0.3) is 0 Å². The molecule has 1 unspecified atom stereocenters. The van der Waals surface area contributed by atoms with Crippen molar-refractivity contribution in [2.45, 2.75) is 19.4 Å². The summed E-state index contributed by atoms with van der Waals surface area (Å²) in [7, 11) is 0. The fraction of sp³-hybridized carbons (Fsp3) is 0.250. The van der Waals surface area contributed by atoms with Crippen molar-refractivity contribution in [1.82, 2.24) is 5.32 Å². The molecule has 0 saturated heterocycles. The molecule has 21 heavy (non-hydrogen) atoms. The van der Waals surface area contributed by atoms with Gasteiger partial charge in [0, 0.05) is 20.3 Å². The molecule has 2 aromatic heterocycles. The van der Waals surface area contributed by atoms with Crippen molar-refractivity contribution in [3.8, 4) is 0 Å². The van der Waals surface area contributed by atoms with Gasteiger partial charge in [0.1, 0.15) is 5.82 Å². The SMILES string of the molecule is CCNC(Cc1ccc(F)c(Cl)c1)c1cc2sccc2s1. The highest BCUT2D eigenvalue weighted by Crippen LogP contribution is 2.34. The molecule has 1 atom stereocenters. The molecule has 3 rings (SSSR count). The Morgan fingerprint density at radius 1 is 1.24 bits per heavy atom. The molecular formula is C16H15ClFNS2. The van der Waals surface area contributed by atoms with Crippen LogP contribution in [0.1, 0.15) is 23.4 Å². The second-order valence-corrected chi connectivity index (χ2v) is 7.33. The predicted molar refractivity (Wildman–Crippen MR) is 91.2 cm³/mol. The lowest BCUT2D eigenvalue weighted by molar-refractivity contribution is 0.557. The molecule has 0 radical (unpaired) electrons. The largest absolute Gasteiger partial charge is 0.309 e. The summed E-state index contributed by atoms with van der Waals surface area (Å²) in [6, 6.07) is 9.61. The lowest BCUT2D eigenvalue weighted by atomic mass is 10.0. The first kappa shape index (κ1) is 15.0. The number of likely N-dealkylation sites (N-methyl/N-ethyl adjacent to an activating group) is 1. The molecule has 1 N–H and O–H groups in total. The first-order valence-corrected chi connectivity index (χ1v) is 8.89. The van der Waals surface area contributed by atoms with Gasteiger partial charge in [0.05, 0.1) is 5.02 Å². The number of rotatable bonds is 5. The van der Waals surface area contributed by atoms with Crippen LogP contribution in [0.25, 0.3) is 9.40 Å². The van der Waals surface area contributed by atoms with Crippen LogP contribution in [-0.2, 0) is 6.42 Å². The van der Waals surface area contributed by atoms with E-state index in [0.29, 0.717) is 0 Å². The molecule has 0 fully saturated rings. The summed E-state index contributed by atoms with van der Waals surface area (Å²) in [5, 5.41) is 5.82. The van der Waals surface area contributed by atoms with Crippen LogP contribution in [0.2, 0.25) is 5.02 Å². The average molecular weight is 340 g/mol. The van der Waals surface area contributed by atoms with Crippen LogP contribution < -0.4 is 5.32 Å². The van der Waals surface area contributed by atoms with Crippen molar-refractivity contribution < 1.29 is 4.39 Å². The van der Waals surface area contributed by atoms with E-state index in [2.05, 4.69) is 29.8 Å². The van der Waals surface area contributed by atoms with Gasteiger partial charge < -0.3 is 5.32 Å². The van der Waals surface area contributed by atoms with E-state index in [1.807, 2.05) is 17.4 Å². The molecular weight excluding hydrogens is 325 g/mol. The number of thiophene rings is 2. The average Bonchev–Trinajstić information content (AvgIpc) is 3.03. The number of benzene rings is 1. The van der Waals surface area contributed by atoms with Gasteiger partial charge in [0.15, 0.2) is 0 Å². The molecule has 3 aromatic rings. The standard InChI is InChI=1S/C16H15ClFNS2/c1-2-19-13(8-10-3-4-12(18)11(17)7-10)15-9-16-14(21-15)5-6-20-16/h3-7,9,13,19H,2,8H2,1H3. The highest BCUT2D eigenvalue weighted by Gasteiger charge is 2.15. The van der Waals surface area contributed by atoms with E-state index in [0.717, 1.165) is 18.5 Å². The van der Waals surface area contributed by atoms with Crippen molar-refractivity contribution in [2.24, 2.45) is 0 Å².